The molecule has 0 spiro atoms. The number of hydrogen-bond donors (Lipinski definition) is 1. The Hall–Kier alpha value is -3.25. The van der Waals surface area contributed by atoms with Gasteiger partial charge < -0.3 is 4.90 Å². The first-order valence-corrected chi connectivity index (χ1v) is 13.5. The topological polar surface area (TPSA) is 78.4 Å². The molecule has 3 heterocycles. The first-order valence-electron chi connectivity index (χ1n) is 12.0. The van der Waals surface area contributed by atoms with E-state index in [2.05, 4.69) is 40.4 Å². The lowest BCUT2D eigenvalue weighted by Gasteiger charge is -2.42. The quantitative estimate of drug-likeness (QED) is 0.432. The van der Waals surface area contributed by atoms with Gasteiger partial charge in [0, 0.05) is 37.3 Å². The van der Waals surface area contributed by atoms with Crippen molar-refractivity contribution < 1.29 is 26.0 Å². The predicted octanol–water partition coefficient (Wildman–Crippen LogP) is 5.33. The van der Waals surface area contributed by atoms with Crippen LogP contribution in [-0.4, -0.2) is 55.0 Å². The van der Waals surface area contributed by atoms with E-state index in [9.17, 15) is 26.0 Å². The number of aryl methyl sites for hydroxylation is 1. The molecule has 0 saturated carbocycles. The van der Waals surface area contributed by atoms with Gasteiger partial charge in [0.25, 0.3) is 10.0 Å². The van der Waals surface area contributed by atoms with Gasteiger partial charge in [-0.25, -0.2) is 14.4 Å². The van der Waals surface area contributed by atoms with Gasteiger partial charge in [-0.05, 0) is 69.7 Å². The van der Waals surface area contributed by atoms with E-state index in [1.165, 1.54) is 19.1 Å². The fourth-order valence-corrected chi connectivity index (χ4v) is 5.29. The second-order valence-corrected chi connectivity index (χ2v) is 11.8. The van der Waals surface area contributed by atoms with Crippen LogP contribution < -0.4 is 9.62 Å². The summed E-state index contributed by atoms with van der Waals surface area (Å²) in [6.45, 7) is 10.8. The van der Waals surface area contributed by atoms with Gasteiger partial charge in [0.2, 0.25) is 0 Å². The molecular formula is C26H29F4N5O2S. The summed E-state index contributed by atoms with van der Waals surface area (Å²) in [7, 11) is -4.29. The Kier molecular flexibility index (Phi) is 7.41. The molecule has 0 aliphatic carbocycles. The number of alkyl halides is 3. The maximum absolute atomic E-state index is 13.9. The first kappa shape index (κ1) is 27.8. The Morgan fingerprint density at radius 2 is 1.61 bits per heavy atom. The van der Waals surface area contributed by atoms with E-state index in [4.69, 9.17) is 0 Å². The summed E-state index contributed by atoms with van der Waals surface area (Å²) in [6.07, 6.45) is -4.79. The minimum atomic E-state index is -4.79. The van der Waals surface area contributed by atoms with E-state index < -0.39 is 33.3 Å². The van der Waals surface area contributed by atoms with Crippen molar-refractivity contribution in [2.24, 2.45) is 0 Å². The lowest BCUT2D eigenvalue weighted by molar-refractivity contribution is -0.137. The van der Waals surface area contributed by atoms with E-state index in [-0.39, 0.29) is 21.9 Å². The molecule has 0 unspecified atom stereocenters. The minimum absolute atomic E-state index is 0.0200. The van der Waals surface area contributed by atoms with Crippen molar-refractivity contribution in [1.29, 1.82) is 0 Å². The van der Waals surface area contributed by atoms with Crippen molar-refractivity contribution in [3.63, 3.8) is 0 Å². The number of halogens is 4. The standard InChI is InChI=1S/C26H29F4N5O2S/c1-17-8-9-18(27)16-19(17)24-20(26(28,29)30)10-11-21(31-24)33-38(36,37)23-7-5-6-22(32-23)34-12-14-35(15-13-34)25(2,3)4/h5-11,16H,12-15H2,1-4H3,(H,31,33). The maximum Gasteiger partial charge on any atom is 0.418 e. The van der Waals surface area contributed by atoms with E-state index in [0.717, 1.165) is 37.4 Å². The fraction of sp³-hybridized carbons (Fsp3) is 0.385. The largest absolute Gasteiger partial charge is 0.418 e. The van der Waals surface area contributed by atoms with E-state index in [1.54, 1.807) is 12.1 Å². The van der Waals surface area contributed by atoms with Crippen LogP contribution in [0.4, 0.5) is 29.2 Å². The number of aromatic nitrogens is 2. The van der Waals surface area contributed by atoms with Crippen molar-refractivity contribution in [2.45, 2.75) is 44.4 Å². The molecule has 38 heavy (non-hydrogen) atoms. The summed E-state index contributed by atoms with van der Waals surface area (Å²) in [5.41, 5.74) is -1.40. The van der Waals surface area contributed by atoms with E-state index in [0.29, 0.717) is 24.5 Å². The monoisotopic (exact) mass is 551 g/mol. The smallest absolute Gasteiger partial charge is 0.354 e. The molecule has 0 radical (unpaired) electrons. The molecule has 0 amide bonds. The van der Waals surface area contributed by atoms with Crippen molar-refractivity contribution in [2.75, 3.05) is 35.8 Å². The van der Waals surface area contributed by atoms with Crippen LogP contribution in [0, 0.1) is 12.7 Å². The molecule has 12 heteroatoms. The minimum Gasteiger partial charge on any atom is -0.354 e. The fourth-order valence-electron chi connectivity index (χ4n) is 4.33. The molecule has 1 saturated heterocycles. The molecule has 1 fully saturated rings. The van der Waals surface area contributed by atoms with Gasteiger partial charge >= 0.3 is 6.18 Å². The summed E-state index contributed by atoms with van der Waals surface area (Å²) in [4.78, 5) is 12.6. The van der Waals surface area contributed by atoms with Gasteiger partial charge in [0.15, 0.2) is 5.03 Å². The highest BCUT2D eigenvalue weighted by molar-refractivity contribution is 7.92. The SMILES string of the molecule is Cc1ccc(F)cc1-c1nc(NS(=O)(=O)c2cccc(N3CCN(C(C)(C)C)CC3)n2)ccc1C(F)(F)F. The van der Waals surface area contributed by atoms with Crippen LogP contribution in [0.25, 0.3) is 11.3 Å². The lowest BCUT2D eigenvalue weighted by Crippen LogP contribution is -2.53. The highest BCUT2D eigenvalue weighted by Crippen LogP contribution is 2.38. The normalized spacial score (nSPS) is 15.5. The summed E-state index contributed by atoms with van der Waals surface area (Å²) in [6, 6.07) is 9.63. The third-order valence-corrected chi connectivity index (χ3v) is 7.69. The Bertz CT molecular complexity index is 1430. The summed E-state index contributed by atoms with van der Waals surface area (Å²) in [5.74, 6) is -0.601. The van der Waals surface area contributed by atoms with Gasteiger partial charge in [-0.3, -0.25) is 9.62 Å². The molecule has 1 aliphatic heterocycles. The van der Waals surface area contributed by atoms with Crippen LogP contribution in [0.5, 0.6) is 0 Å². The van der Waals surface area contributed by atoms with Gasteiger partial charge in [-0.15, -0.1) is 0 Å². The zero-order valence-electron chi connectivity index (χ0n) is 21.5. The van der Waals surface area contributed by atoms with Gasteiger partial charge in [-0.2, -0.15) is 21.6 Å². The van der Waals surface area contributed by atoms with Gasteiger partial charge in [0.05, 0.1) is 11.3 Å². The lowest BCUT2D eigenvalue weighted by atomic mass is 10.0. The summed E-state index contributed by atoms with van der Waals surface area (Å²) < 4.78 is 83.6. The molecule has 1 aromatic carbocycles. The maximum atomic E-state index is 13.9. The number of piperazine rings is 1. The van der Waals surface area contributed by atoms with Crippen LogP contribution in [0.15, 0.2) is 53.6 Å². The molecule has 0 bridgehead atoms. The van der Waals surface area contributed by atoms with Crippen molar-refractivity contribution in [3.8, 4) is 11.3 Å². The first-order chi connectivity index (χ1) is 17.6. The second kappa shape index (κ2) is 10.1. The highest BCUT2D eigenvalue weighted by atomic mass is 32.2. The van der Waals surface area contributed by atoms with E-state index in [1.807, 2.05) is 4.90 Å². The molecule has 2 aromatic heterocycles. The van der Waals surface area contributed by atoms with Gasteiger partial charge in [0.1, 0.15) is 17.5 Å². The molecule has 4 rings (SSSR count). The van der Waals surface area contributed by atoms with Crippen LogP contribution in [0.2, 0.25) is 0 Å². The Morgan fingerprint density at radius 1 is 0.921 bits per heavy atom. The number of nitrogens with zero attached hydrogens (tertiary/aromatic N) is 4. The van der Waals surface area contributed by atoms with Gasteiger partial charge in [-0.1, -0.05) is 12.1 Å². The molecule has 3 aromatic rings. The van der Waals surface area contributed by atoms with Crippen LogP contribution in [0.3, 0.4) is 0 Å². The zero-order valence-corrected chi connectivity index (χ0v) is 22.3. The summed E-state index contributed by atoms with van der Waals surface area (Å²) >= 11 is 0. The Morgan fingerprint density at radius 3 is 2.24 bits per heavy atom. The Labute approximate surface area is 219 Å². The third-order valence-electron chi connectivity index (χ3n) is 6.43. The molecular weight excluding hydrogens is 522 g/mol. The van der Waals surface area contributed by atoms with Crippen molar-refractivity contribution >= 4 is 21.7 Å². The van der Waals surface area contributed by atoms with Crippen molar-refractivity contribution in [1.82, 2.24) is 14.9 Å². The van der Waals surface area contributed by atoms with Crippen LogP contribution in [0.1, 0.15) is 31.9 Å². The number of nitrogens with one attached hydrogen (secondary N) is 1. The average molecular weight is 552 g/mol. The molecule has 204 valence electrons. The van der Waals surface area contributed by atoms with Crippen molar-refractivity contribution in [3.05, 3.63) is 65.5 Å². The highest BCUT2D eigenvalue weighted by Gasteiger charge is 2.35. The third kappa shape index (κ3) is 6.07. The molecule has 0 atom stereocenters. The predicted molar refractivity (Wildman–Crippen MR) is 138 cm³/mol. The van der Waals surface area contributed by atoms with Crippen LogP contribution >= 0.6 is 0 Å². The Balaban J connectivity index is 1.63. The molecule has 1 aliphatic rings. The summed E-state index contributed by atoms with van der Waals surface area (Å²) in [5, 5.41) is -0.293. The van der Waals surface area contributed by atoms with Crippen LogP contribution in [-0.2, 0) is 16.2 Å². The number of rotatable bonds is 5. The number of pyridine rings is 2. The molecule has 7 nitrogen and oxygen atoms in total. The average Bonchev–Trinajstić information content (AvgIpc) is 2.84. The number of hydrogen-bond acceptors (Lipinski definition) is 6. The second-order valence-electron chi connectivity index (χ2n) is 10.1. The number of sulfonamides is 1. The zero-order chi connectivity index (χ0) is 27.9. The molecule has 1 N–H and O–H groups in total. The van der Waals surface area contributed by atoms with E-state index >= 15 is 0 Å². The number of benzene rings is 1. The number of anilines is 2.